The number of rotatable bonds is 6. The van der Waals surface area contributed by atoms with E-state index in [1.54, 1.807) is 31.0 Å². The first-order valence-electron chi connectivity index (χ1n) is 6.44. The summed E-state index contributed by atoms with van der Waals surface area (Å²) in [5.74, 6) is 2.01. The SMILES string of the molecule is COc1cccc(SCc2ccc(OC)c(B(O)O)c2)c1. The molecule has 2 N–H and O–H groups in total. The molecule has 4 nitrogen and oxygen atoms in total. The lowest BCUT2D eigenvalue weighted by Gasteiger charge is -2.10. The zero-order valence-corrected chi connectivity index (χ0v) is 12.8. The van der Waals surface area contributed by atoms with E-state index in [1.165, 1.54) is 7.11 Å². The van der Waals surface area contributed by atoms with Gasteiger partial charge in [-0.25, -0.2) is 0 Å². The van der Waals surface area contributed by atoms with Crippen LogP contribution in [-0.2, 0) is 5.75 Å². The van der Waals surface area contributed by atoms with E-state index in [0.717, 1.165) is 22.0 Å². The van der Waals surface area contributed by atoms with Crippen LogP contribution in [0.2, 0.25) is 0 Å². The fraction of sp³-hybridized carbons (Fsp3) is 0.200. The highest BCUT2D eigenvalue weighted by Gasteiger charge is 2.17. The molecule has 0 fully saturated rings. The van der Waals surface area contributed by atoms with E-state index in [9.17, 15) is 10.0 Å². The van der Waals surface area contributed by atoms with Gasteiger partial charge in [0.2, 0.25) is 0 Å². The Balaban J connectivity index is 2.11. The van der Waals surface area contributed by atoms with Crippen LogP contribution >= 0.6 is 11.8 Å². The molecule has 21 heavy (non-hydrogen) atoms. The molecule has 2 aromatic carbocycles. The topological polar surface area (TPSA) is 58.9 Å². The van der Waals surface area contributed by atoms with Crippen molar-refractivity contribution in [3.05, 3.63) is 48.0 Å². The minimum atomic E-state index is -1.54. The monoisotopic (exact) mass is 304 g/mol. The van der Waals surface area contributed by atoms with Gasteiger partial charge in [0.15, 0.2) is 0 Å². The third kappa shape index (κ3) is 4.17. The fourth-order valence-electron chi connectivity index (χ4n) is 1.93. The summed E-state index contributed by atoms with van der Waals surface area (Å²) >= 11 is 1.65. The van der Waals surface area contributed by atoms with Gasteiger partial charge >= 0.3 is 7.12 Å². The molecule has 0 radical (unpaired) electrons. The zero-order chi connectivity index (χ0) is 15.2. The molecule has 0 aliphatic rings. The molecule has 0 unspecified atom stereocenters. The highest BCUT2D eigenvalue weighted by Crippen LogP contribution is 2.26. The third-order valence-electron chi connectivity index (χ3n) is 3.02. The molecule has 110 valence electrons. The average molecular weight is 304 g/mol. The molecule has 0 aliphatic carbocycles. The molecule has 0 atom stereocenters. The molecule has 6 heteroatoms. The van der Waals surface area contributed by atoms with Gasteiger partial charge in [-0.1, -0.05) is 18.2 Å². The largest absolute Gasteiger partial charge is 0.497 e. The van der Waals surface area contributed by atoms with Crippen molar-refractivity contribution in [2.75, 3.05) is 14.2 Å². The van der Waals surface area contributed by atoms with Crippen molar-refractivity contribution < 1.29 is 19.5 Å². The fourth-order valence-corrected chi connectivity index (χ4v) is 2.82. The van der Waals surface area contributed by atoms with Crippen LogP contribution in [0.4, 0.5) is 0 Å². The lowest BCUT2D eigenvalue weighted by atomic mass is 9.79. The number of hydrogen-bond acceptors (Lipinski definition) is 5. The first-order chi connectivity index (χ1) is 10.1. The van der Waals surface area contributed by atoms with Crippen LogP contribution in [0.15, 0.2) is 47.4 Å². The highest BCUT2D eigenvalue weighted by atomic mass is 32.2. The summed E-state index contributed by atoms with van der Waals surface area (Å²) in [4.78, 5) is 1.09. The van der Waals surface area contributed by atoms with E-state index in [0.29, 0.717) is 11.2 Å². The summed E-state index contributed by atoms with van der Waals surface area (Å²) in [6.45, 7) is 0. The van der Waals surface area contributed by atoms with Gasteiger partial charge in [0.1, 0.15) is 11.5 Å². The summed E-state index contributed by atoms with van der Waals surface area (Å²) in [5.41, 5.74) is 1.37. The summed E-state index contributed by atoms with van der Waals surface area (Å²) in [6, 6.07) is 13.2. The van der Waals surface area contributed by atoms with Crippen molar-refractivity contribution in [1.82, 2.24) is 0 Å². The van der Waals surface area contributed by atoms with Crippen LogP contribution in [0.5, 0.6) is 11.5 Å². The van der Waals surface area contributed by atoms with Gasteiger partial charge in [-0.05, 0) is 29.8 Å². The predicted octanol–water partition coefficient (Wildman–Crippen LogP) is 1.68. The van der Waals surface area contributed by atoms with Gasteiger partial charge in [0.05, 0.1) is 14.2 Å². The second-order valence-corrected chi connectivity index (χ2v) is 5.47. The van der Waals surface area contributed by atoms with Crippen molar-refractivity contribution in [1.29, 1.82) is 0 Å². The number of thioether (sulfide) groups is 1. The Labute approximate surface area is 128 Å². The Kier molecular flexibility index (Phi) is 5.55. The molecule has 0 saturated heterocycles. The second kappa shape index (κ2) is 7.40. The standard InChI is InChI=1S/C15H17BO4S/c1-19-12-4-3-5-13(9-12)21-10-11-6-7-15(20-2)14(8-11)16(17)18/h3-9,17-18H,10H2,1-2H3. The van der Waals surface area contributed by atoms with Gasteiger partial charge < -0.3 is 19.5 Å². The van der Waals surface area contributed by atoms with E-state index in [2.05, 4.69) is 0 Å². The molecule has 0 heterocycles. The van der Waals surface area contributed by atoms with E-state index in [-0.39, 0.29) is 0 Å². The maximum absolute atomic E-state index is 9.37. The van der Waals surface area contributed by atoms with Crippen LogP contribution in [-0.4, -0.2) is 31.4 Å². The smallest absolute Gasteiger partial charge is 0.492 e. The van der Waals surface area contributed by atoms with Gasteiger partial charge in [-0.3, -0.25) is 0 Å². The Hall–Kier alpha value is -1.63. The molecule has 0 spiro atoms. The van der Waals surface area contributed by atoms with Gasteiger partial charge in [-0.2, -0.15) is 0 Å². The average Bonchev–Trinajstić information content (AvgIpc) is 2.52. The summed E-state index contributed by atoms with van der Waals surface area (Å²) in [7, 11) is 1.61. The minimum Gasteiger partial charge on any atom is -0.497 e. The molecular weight excluding hydrogens is 287 g/mol. The second-order valence-electron chi connectivity index (χ2n) is 4.42. The van der Waals surface area contributed by atoms with Crippen LogP contribution in [0.25, 0.3) is 0 Å². The Bertz CT molecular complexity index is 604. The Morgan fingerprint density at radius 1 is 1.05 bits per heavy atom. The van der Waals surface area contributed by atoms with Crippen molar-refractivity contribution in [2.45, 2.75) is 10.6 Å². The molecule has 0 aliphatic heterocycles. The van der Waals surface area contributed by atoms with Crippen LogP contribution < -0.4 is 14.9 Å². The normalized spacial score (nSPS) is 10.3. The Morgan fingerprint density at radius 2 is 1.86 bits per heavy atom. The number of methoxy groups -OCH3 is 2. The lowest BCUT2D eigenvalue weighted by molar-refractivity contribution is 0.403. The van der Waals surface area contributed by atoms with Gasteiger partial charge in [0.25, 0.3) is 0 Å². The highest BCUT2D eigenvalue weighted by molar-refractivity contribution is 7.98. The number of ether oxygens (including phenoxy) is 2. The molecule has 2 rings (SSSR count). The Morgan fingerprint density at radius 3 is 2.52 bits per heavy atom. The van der Waals surface area contributed by atoms with E-state index in [4.69, 9.17) is 9.47 Å². The molecule has 0 bridgehead atoms. The quantitative estimate of drug-likeness (QED) is 0.628. The lowest BCUT2D eigenvalue weighted by Crippen LogP contribution is -2.31. The van der Waals surface area contributed by atoms with Gasteiger partial charge in [0, 0.05) is 16.1 Å². The number of hydrogen-bond donors (Lipinski definition) is 2. The maximum Gasteiger partial charge on any atom is 0.492 e. The predicted molar refractivity (Wildman–Crippen MR) is 85.4 cm³/mol. The van der Waals surface area contributed by atoms with Crippen LogP contribution in [0.3, 0.4) is 0 Å². The van der Waals surface area contributed by atoms with Crippen molar-refractivity contribution in [3.63, 3.8) is 0 Å². The van der Waals surface area contributed by atoms with Crippen LogP contribution in [0.1, 0.15) is 5.56 Å². The maximum atomic E-state index is 9.37. The van der Waals surface area contributed by atoms with Crippen LogP contribution in [0, 0.1) is 0 Å². The first kappa shape index (κ1) is 15.8. The van der Waals surface area contributed by atoms with Crippen molar-refractivity contribution in [3.8, 4) is 11.5 Å². The molecule has 0 amide bonds. The third-order valence-corrected chi connectivity index (χ3v) is 4.08. The van der Waals surface area contributed by atoms with Crippen molar-refractivity contribution >= 4 is 24.3 Å². The molecule has 2 aromatic rings. The summed E-state index contributed by atoms with van der Waals surface area (Å²) in [6.07, 6.45) is 0. The van der Waals surface area contributed by atoms with Gasteiger partial charge in [-0.15, -0.1) is 11.8 Å². The summed E-state index contributed by atoms with van der Waals surface area (Å²) < 4.78 is 10.3. The minimum absolute atomic E-state index is 0.376. The van der Waals surface area contributed by atoms with E-state index < -0.39 is 7.12 Å². The first-order valence-corrected chi connectivity index (χ1v) is 7.42. The summed E-state index contributed by atoms with van der Waals surface area (Å²) in [5, 5.41) is 18.7. The van der Waals surface area contributed by atoms with E-state index in [1.807, 2.05) is 30.3 Å². The molecule has 0 saturated carbocycles. The van der Waals surface area contributed by atoms with Crippen molar-refractivity contribution in [2.24, 2.45) is 0 Å². The molecular formula is C15H17BO4S. The number of benzene rings is 2. The zero-order valence-electron chi connectivity index (χ0n) is 11.9. The van der Waals surface area contributed by atoms with E-state index >= 15 is 0 Å². The molecule has 0 aromatic heterocycles.